The highest BCUT2D eigenvalue weighted by Crippen LogP contribution is 2.40. The highest BCUT2D eigenvalue weighted by atomic mass is 35.5. The summed E-state index contributed by atoms with van der Waals surface area (Å²) in [7, 11) is 1.60. The van der Waals surface area contributed by atoms with E-state index in [2.05, 4.69) is 30.9 Å². The lowest BCUT2D eigenvalue weighted by molar-refractivity contribution is -0.142. The van der Waals surface area contributed by atoms with Crippen LogP contribution in [0.5, 0.6) is 0 Å². The highest BCUT2D eigenvalue weighted by Gasteiger charge is 2.34. The van der Waals surface area contributed by atoms with Gasteiger partial charge >= 0.3 is 0 Å². The second kappa shape index (κ2) is 19.3. The van der Waals surface area contributed by atoms with Gasteiger partial charge in [-0.3, -0.25) is 14.4 Å². The first-order chi connectivity index (χ1) is 27.2. The summed E-state index contributed by atoms with van der Waals surface area (Å²) in [6.07, 6.45) is 7.71. The third-order valence-electron chi connectivity index (χ3n) is 10.0. The first kappa shape index (κ1) is 40.8. The summed E-state index contributed by atoms with van der Waals surface area (Å²) >= 11 is 8.37. The zero-order chi connectivity index (χ0) is 39.6. The van der Waals surface area contributed by atoms with Gasteiger partial charge in [0.05, 0.1) is 11.1 Å². The number of nitrogens with one attached hydrogen (secondary N) is 4. The fourth-order valence-electron chi connectivity index (χ4n) is 6.91. The topological polar surface area (TPSA) is 184 Å². The second-order valence-electron chi connectivity index (χ2n) is 13.8. The van der Waals surface area contributed by atoms with Gasteiger partial charge in [0.15, 0.2) is 0 Å². The van der Waals surface area contributed by atoms with E-state index in [4.69, 9.17) is 23.1 Å². The van der Waals surface area contributed by atoms with E-state index in [1.54, 1.807) is 25.4 Å². The molecule has 15 heteroatoms. The normalized spacial score (nSPS) is 18.6. The Morgan fingerprint density at radius 2 is 1.68 bits per heavy atom. The van der Waals surface area contributed by atoms with E-state index in [-0.39, 0.29) is 25.4 Å². The third kappa shape index (κ3) is 9.92. The van der Waals surface area contributed by atoms with E-state index in [9.17, 15) is 18.8 Å². The second-order valence-corrected chi connectivity index (χ2v) is 15.2. The molecule has 3 amide bonds. The van der Waals surface area contributed by atoms with E-state index in [1.807, 2.05) is 48.7 Å². The molecule has 0 bridgehead atoms. The van der Waals surface area contributed by atoms with Crippen molar-refractivity contribution >= 4 is 52.0 Å². The molecule has 12 nitrogen and oxygen atoms in total. The van der Waals surface area contributed by atoms with Gasteiger partial charge in [0, 0.05) is 67.0 Å². The van der Waals surface area contributed by atoms with Crippen LogP contribution in [0.2, 0.25) is 5.02 Å². The summed E-state index contributed by atoms with van der Waals surface area (Å²) in [5, 5.41) is 11.5. The van der Waals surface area contributed by atoms with E-state index < -0.39 is 35.9 Å². The van der Waals surface area contributed by atoms with Crippen LogP contribution < -0.4 is 27.4 Å². The minimum absolute atomic E-state index is 0.0347. The summed E-state index contributed by atoms with van der Waals surface area (Å²) in [4.78, 5) is 56.8. The van der Waals surface area contributed by atoms with Crippen molar-refractivity contribution < 1.29 is 18.8 Å². The molecular weight excluding hydrogens is 753 g/mol. The average Bonchev–Trinajstić information content (AvgIpc) is 3.61. The number of halogens is 2. The molecule has 56 heavy (non-hydrogen) atoms. The molecule has 3 atom stereocenters. The zero-order valence-electron chi connectivity index (χ0n) is 31.2. The predicted molar refractivity (Wildman–Crippen MR) is 217 cm³/mol. The minimum atomic E-state index is -0.969. The molecule has 4 heterocycles. The minimum Gasteiger partial charge on any atom is -0.361 e. The van der Waals surface area contributed by atoms with E-state index in [1.165, 1.54) is 28.9 Å². The van der Waals surface area contributed by atoms with Crippen molar-refractivity contribution in [2.24, 2.45) is 11.5 Å². The number of para-hydroxylation sites is 1. The van der Waals surface area contributed by atoms with Gasteiger partial charge in [-0.1, -0.05) is 47.6 Å². The van der Waals surface area contributed by atoms with Crippen LogP contribution in [0.4, 0.5) is 4.39 Å². The lowest BCUT2D eigenvalue weighted by atomic mass is 10.0. The fourth-order valence-corrected chi connectivity index (χ4v) is 8.26. The van der Waals surface area contributed by atoms with Gasteiger partial charge in [-0.2, -0.15) is 4.39 Å². The van der Waals surface area contributed by atoms with E-state index in [0.29, 0.717) is 76.8 Å². The highest BCUT2D eigenvalue weighted by molar-refractivity contribution is 7.99. The molecule has 0 aliphatic carbocycles. The standard InChI is InChI=1S/C41H47ClFN9O3S/c1-52-35(20-28-23-48-32-10-3-2-9-30(28)32)39(54)50-24-29-18-27(25-13-17-46-36(43)21-25)19-31(42)37(29)56-40-26(8-7-16-47-40)22-49-33(12-6-15-45)38(53)51-34(41(52)55)11-4-5-14-44/h2-3,7-10,13,16-19,21,23,33-35,48-49H,4-6,11-12,14-15,20,22,24,44-45H2,1H3,(H,50,54)(H,51,53)/t33-,34-,35-/m0/s1. The Hall–Kier alpha value is -4.86. The summed E-state index contributed by atoms with van der Waals surface area (Å²) < 4.78 is 14.3. The first-order valence-corrected chi connectivity index (χ1v) is 20.0. The Morgan fingerprint density at radius 1 is 0.875 bits per heavy atom. The van der Waals surface area contributed by atoms with Gasteiger partial charge in [0.2, 0.25) is 23.7 Å². The molecular formula is C41H47ClFN9O3S. The van der Waals surface area contributed by atoms with Crippen molar-refractivity contribution in [3.05, 3.63) is 107 Å². The molecule has 0 saturated carbocycles. The number of hydrogen-bond donors (Lipinski definition) is 6. The molecule has 0 unspecified atom stereocenters. The molecule has 1 aliphatic rings. The maximum Gasteiger partial charge on any atom is 0.245 e. The van der Waals surface area contributed by atoms with Crippen LogP contribution in [0, 0.1) is 5.95 Å². The number of unbranched alkanes of at least 4 members (excludes halogenated alkanes) is 1. The van der Waals surface area contributed by atoms with Crippen molar-refractivity contribution in [2.75, 3.05) is 20.1 Å². The van der Waals surface area contributed by atoms with Crippen LogP contribution >= 0.6 is 23.4 Å². The number of nitrogens with zero attached hydrogens (tertiary/aromatic N) is 3. The van der Waals surface area contributed by atoms with Crippen molar-refractivity contribution in [3.8, 4) is 11.1 Å². The Bertz CT molecular complexity index is 2170. The summed E-state index contributed by atoms with van der Waals surface area (Å²) in [5.41, 5.74) is 16.1. The molecule has 0 radical (unpaired) electrons. The summed E-state index contributed by atoms with van der Waals surface area (Å²) in [6.45, 7) is 1.14. The molecule has 3 aromatic heterocycles. The number of benzene rings is 2. The number of rotatable bonds is 10. The van der Waals surface area contributed by atoms with E-state index >= 15 is 0 Å². The van der Waals surface area contributed by atoms with Crippen LogP contribution in [0.3, 0.4) is 0 Å². The first-order valence-electron chi connectivity index (χ1n) is 18.8. The predicted octanol–water partition coefficient (Wildman–Crippen LogP) is 5.08. The number of aromatic nitrogens is 3. The Kier molecular flexibility index (Phi) is 14.1. The molecule has 2 aromatic carbocycles. The van der Waals surface area contributed by atoms with Gasteiger partial charge in [-0.15, -0.1) is 0 Å². The molecule has 6 rings (SSSR count). The number of nitrogens with two attached hydrogens (primary N) is 2. The number of aromatic amines is 1. The zero-order valence-corrected chi connectivity index (χ0v) is 32.8. The maximum atomic E-state index is 14.5. The monoisotopic (exact) mass is 799 g/mol. The number of amides is 3. The van der Waals surface area contributed by atoms with E-state index in [0.717, 1.165) is 22.0 Å². The number of fused-ring (bicyclic) bond motifs is 3. The number of pyridine rings is 2. The molecule has 0 spiro atoms. The van der Waals surface area contributed by atoms with Crippen LogP contribution in [-0.2, 0) is 33.9 Å². The molecule has 5 aromatic rings. The van der Waals surface area contributed by atoms with Gasteiger partial charge in [-0.05, 0) is 103 Å². The Balaban J connectivity index is 1.45. The van der Waals surface area contributed by atoms with Crippen molar-refractivity contribution in [1.82, 2.24) is 35.8 Å². The Morgan fingerprint density at radius 3 is 2.48 bits per heavy atom. The molecule has 0 saturated heterocycles. The molecule has 0 fully saturated rings. The quantitative estimate of drug-likeness (QED) is 0.0829. The van der Waals surface area contributed by atoms with Crippen LogP contribution in [0.1, 0.15) is 48.8 Å². The Labute approximate surface area is 334 Å². The number of hydrogen-bond acceptors (Lipinski definition) is 9. The van der Waals surface area contributed by atoms with Crippen LogP contribution in [-0.4, -0.2) is 75.8 Å². The lowest BCUT2D eigenvalue weighted by Crippen LogP contribution is -2.57. The van der Waals surface area contributed by atoms with Crippen molar-refractivity contribution in [1.29, 1.82) is 0 Å². The largest absolute Gasteiger partial charge is 0.361 e. The third-order valence-corrected chi connectivity index (χ3v) is 11.7. The summed E-state index contributed by atoms with van der Waals surface area (Å²) in [6, 6.07) is 15.6. The smallest absolute Gasteiger partial charge is 0.245 e. The van der Waals surface area contributed by atoms with Crippen molar-refractivity contribution in [2.45, 2.75) is 79.7 Å². The molecule has 294 valence electrons. The number of likely N-dealkylation sites (N-methyl/N-ethyl adjacent to an activating group) is 1. The van der Waals surface area contributed by atoms with Gasteiger partial charge < -0.3 is 37.3 Å². The molecule has 8 N–H and O–H groups in total. The average molecular weight is 800 g/mol. The molecule has 1 aliphatic heterocycles. The maximum absolute atomic E-state index is 14.5. The van der Waals surface area contributed by atoms with Gasteiger partial charge in [-0.25, -0.2) is 9.97 Å². The van der Waals surface area contributed by atoms with Gasteiger partial charge in [0.1, 0.15) is 17.1 Å². The number of carbonyl (C=O) groups excluding carboxylic acids is 3. The van der Waals surface area contributed by atoms with Crippen LogP contribution in [0.15, 0.2) is 89.2 Å². The van der Waals surface area contributed by atoms with Crippen LogP contribution in [0.25, 0.3) is 22.0 Å². The lowest BCUT2D eigenvalue weighted by Gasteiger charge is -2.32. The number of H-pyrrole nitrogens is 1. The van der Waals surface area contributed by atoms with Crippen molar-refractivity contribution in [3.63, 3.8) is 0 Å². The van der Waals surface area contributed by atoms with Gasteiger partial charge in [0.25, 0.3) is 0 Å². The SMILES string of the molecule is CN1C(=O)[C@H](CCCCN)NC(=O)[C@H](CCCN)NCc2cccnc2Sc2c(Cl)cc(-c3ccnc(F)c3)cc2CNC(=O)[C@@H]1Cc1c[nH]c2ccccc12. The summed E-state index contributed by atoms with van der Waals surface area (Å²) in [5.74, 6) is -1.78. The number of carbonyl (C=O) groups is 3. The fraction of sp³-hybridized carbons (Fsp3) is 0.341.